The molecule has 0 aromatic carbocycles. The first-order valence-electron chi connectivity index (χ1n) is 5.53. The molecule has 1 fully saturated rings. The molecular formula is C12H17FN2O. The highest BCUT2D eigenvalue weighted by Gasteiger charge is 2.40. The number of aromatic nitrogens is 1. The number of hydrogen-bond donors (Lipinski definition) is 1. The fourth-order valence-electron chi connectivity index (χ4n) is 2.15. The summed E-state index contributed by atoms with van der Waals surface area (Å²) in [6, 6.07) is 1.69. The van der Waals surface area contributed by atoms with Crippen LogP contribution in [-0.4, -0.2) is 33.2 Å². The van der Waals surface area contributed by atoms with E-state index in [1.54, 1.807) is 12.3 Å². The van der Waals surface area contributed by atoms with Gasteiger partial charge in [0.15, 0.2) is 0 Å². The predicted octanol–water partition coefficient (Wildman–Crippen LogP) is 1.57. The van der Waals surface area contributed by atoms with E-state index in [0.717, 1.165) is 13.0 Å². The zero-order valence-corrected chi connectivity index (χ0v) is 9.65. The van der Waals surface area contributed by atoms with Crippen molar-refractivity contribution in [1.29, 1.82) is 0 Å². The van der Waals surface area contributed by atoms with Crippen molar-refractivity contribution in [2.24, 2.45) is 0 Å². The topological polar surface area (TPSA) is 36.4 Å². The highest BCUT2D eigenvalue weighted by Crippen LogP contribution is 2.30. The molecule has 16 heavy (non-hydrogen) atoms. The Kier molecular flexibility index (Phi) is 2.95. The quantitative estimate of drug-likeness (QED) is 0.828. The molecular weight excluding hydrogens is 207 g/mol. The molecule has 1 atom stereocenters. The Morgan fingerprint density at radius 3 is 2.94 bits per heavy atom. The van der Waals surface area contributed by atoms with Crippen molar-refractivity contribution in [3.63, 3.8) is 0 Å². The summed E-state index contributed by atoms with van der Waals surface area (Å²) in [4.78, 5) is 5.84. The SMILES string of the molecule is CC1(C)[C@@H](O)CCN1Cc1ccncc1F. The average Bonchev–Trinajstić information content (AvgIpc) is 2.48. The molecule has 0 amide bonds. The van der Waals surface area contributed by atoms with Crippen LogP contribution in [0.1, 0.15) is 25.8 Å². The molecule has 0 spiro atoms. The van der Waals surface area contributed by atoms with Crippen LogP contribution in [0.3, 0.4) is 0 Å². The van der Waals surface area contributed by atoms with Gasteiger partial charge in [-0.05, 0) is 26.3 Å². The van der Waals surface area contributed by atoms with Crippen LogP contribution in [0.5, 0.6) is 0 Å². The first kappa shape index (κ1) is 11.5. The van der Waals surface area contributed by atoms with Gasteiger partial charge in [-0.25, -0.2) is 4.39 Å². The van der Waals surface area contributed by atoms with Gasteiger partial charge in [0.2, 0.25) is 0 Å². The van der Waals surface area contributed by atoms with E-state index in [4.69, 9.17) is 0 Å². The number of aliphatic hydroxyl groups excluding tert-OH is 1. The summed E-state index contributed by atoms with van der Waals surface area (Å²) in [5, 5.41) is 9.83. The summed E-state index contributed by atoms with van der Waals surface area (Å²) in [6.07, 6.45) is 3.24. The van der Waals surface area contributed by atoms with Gasteiger partial charge in [-0.1, -0.05) is 0 Å². The second-order valence-electron chi connectivity index (χ2n) is 4.85. The van der Waals surface area contributed by atoms with Gasteiger partial charge in [-0.15, -0.1) is 0 Å². The van der Waals surface area contributed by atoms with Crippen molar-refractivity contribution in [3.05, 3.63) is 29.8 Å². The van der Waals surface area contributed by atoms with Crippen LogP contribution in [0.15, 0.2) is 18.5 Å². The summed E-state index contributed by atoms with van der Waals surface area (Å²) in [5.74, 6) is -0.278. The van der Waals surface area contributed by atoms with Crippen LogP contribution in [0.2, 0.25) is 0 Å². The summed E-state index contributed by atoms with van der Waals surface area (Å²) in [5.41, 5.74) is 0.354. The van der Waals surface area contributed by atoms with Crippen molar-refractivity contribution in [1.82, 2.24) is 9.88 Å². The predicted molar refractivity (Wildman–Crippen MR) is 59.3 cm³/mol. The fourth-order valence-corrected chi connectivity index (χ4v) is 2.15. The van der Waals surface area contributed by atoms with E-state index in [0.29, 0.717) is 12.1 Å². The molecule has 0 bridgehead atoms. The second kappa shape index (κ2) is 4.11. The third-order valence-corrected chi connectivity index (χ3v) is 3.52. The van der Waals surface area contributed by atoms with Crippen LogP contribution < -0.4 is 0 Å². The van der Waals surface area contributed by atoms with Gasteiger partial charge < -0.3 is 5.11 Å². The Morgan fingerprint density at radius 1 is 1.62 bits per heavy atom. The Bertz CT molecular complexity index is 381. The molecule has 0 saturated carbocycles. The molecule has 1 N–H and O–H groups in total. The minimum Gasteiger partial charge on any atom is -0.391 e. The van der Waals surface area contributed by atoms with Crippen molar-refractivity contribution in [2.45, 2.75) is 38.5 Å². The third kappa shape index (κ3) is 1.95. The summed E-state index contributed by atoms with van der Waals surface area (Å²) >= 11 is 0. The van der Waals surface area contributed by atoms with Crippen molar-refractivity contribution in [2.75, 3.05) is 6.54 Å². The minimum atomic E-state index is -0.336. The number of aliphatic hydroxyl groups is 1. The largest absolute Gasteiger partial charge is 0.391 e. The lowest BCUT2D eigenvalue weighted by atomic mass is 9.98. The van der Waals surface area contributed by atoms with E-state index >= 15 is 0 Å². The maximum atomic E-state index is 13.4. The standard InChI is InChI=1S/C12H17FN2O/c1-12(2)11(16)4-6-15(12)8-9-3-5-14-7-10(9)13/h3,5,7,11,16H,4,6,8H2,1-2H3/t11-/m0/s1. The number of rotatable bonds is 2. The lowest BCUT2D eigenvalue weighted by Gasteiger charge is -2.33. The van der Waals surface area contributed by atoms with Crippen LogP contribution in [-0.2, 0) is 6.54 Å². The Labute approximate surface area is 94.9 Å². The molecule has 1 saturated heterocycles. The monoisotopic (exact) mass is 224 g/mol. The van der Waals surface area contributed by atoms with Gasteiger partial charge in [0, 0.05) is 30.4 Å². The van der Waals surface area contributed by atoms with E-state index in [2.05, 4.69) is 9.88 Å². The van der Waals surface area contributed by atoms with E-state index < -0.39 is 0 Å². The molecule has 0 aliphatic carbocycles. The molecule has 3 nitrogen and oxygen atoms in total. The molecule has 4 heteroatoms. The molecule has 2 rings (SSSR count). The molecule has 1 aliphatic rings. The van der Waals surface area contributed by atoms with Gasteiger partial charge in [0.05, 0.1) is 12.3 Å². The van der Waals surface area contributed by atoms with Gasteiger partial charge in [-0.3, -0.25) is 9.88 Å². The molecule has 88 valence electrons. The first-order chi connectivity index (χ1) is 7.51. The van der Waals surface area contributed by atoms with Crippen LogP contribution >= 0.6 is 0 Å². The summed E-state index contributed by atoms with van der Waals surface area (Å²) in [6.45, 7) is 5.31. The number of hydrogen-bond acceptors (Lipinski definition) is 3. The maximum Gasteiger partial charge on any atom is 0.145 e. The fraction of sp³-hybridized carbons (Fsp3) is 0.583. The summed E-state index contributed by atoms with van der Waals surface area (Å²) < 4.78 is 13.4. The minimum absolute atomic E-state index is 0.278. The lowest BCUT2D eigenvalue weighted by molar-refractivity contribution is 0.0501. The van der Waals surface area contributed by atoms with Crippen LogP contribution in [0.4, 0.5) is 4.39 Å². The van der Waals surface area contributed by atoms with E-state index in [1.165, 1.54) is 6.20 Å². The van der Waals surface area contributed by atoms with E-state index in [1.807, 2.05) is 13.8 Å². The number of likely N-dealkylation sites (tertiary alicyclic amines) is 1. The average molecular weight is 224 g/mol. The molecule has 1 aromatic rings. The maximum absolute atomic E-state index is 13.4. The second-order valence-corrected chi connectivity index (χ2v) is 4.85. The van der Waals surface area contributed by atoms with Gasteiger partial charge in [0.1, 0.15) is 5.82 Å². The van der Waals surface area contributed by atoms with Crippen LogP contribution in [0.25, 0.3) is 0 Å². The lowest BCUT2D eigenvalue weighted by Crippen LogP contribution is -2.44. The van der Waals surface area contributed by atoms with Crippen molar-refractivity contribution in [3.8, 4) is 0 Å². The Morgan fingerprint density at radius 2 is 2.38 bits per heavy atom. The Hall–Kier alpha value is -1.00. The number of halogens is 1. The van der Waals surface area contributed by atoms with Gasteiger partial charge in [-0.2, -0.15) is 0 Å². The highest BCUT2D eigenvalue weighted by molar-refractivity contribution is 5.13. The highest BCUT2D eigenvalue weighted by atomic mass is 19.1. The molecule has 0 radical (unpaired) electrons. The van der Waals surface area contributed by atoms with E-state index in [9.17, 15) is 9.50 Å². The molecule has 1 aromatic heterocycles. The van der Waals surface area contributed by atoms with Crippen molar-refractivity contribution >= 4 is 0 Å². The van der Waals surface area contributed by atoms with Crippen LogP contribution in [0, 0.1) is 5.82 Å². The zero-order valence-electron chi connectivity index (χ0n) is 9.65. The molecule has 1 aliphatic heterocycles. The van der Waals surface area contributed by atoms with Gasteiger partial charge in [0.25, 0.3) is 0 Å². The van der Waals surface area contributed by atoms with E-state index in [-0.39, 0.29) is 17.5 Å². The smallest absolute Gasteiger partial charge is 0.145 e. The first-order valence-corrected chi connectivity index (χ1v) is 5.53. The van der Waals surface area contributed by atoms with Crippen molar-refractivity contribution < 1.29 is 9.50 Å². The summed E-state index contributed by atoms with van der Waals surface area (Å²) in [7, 11) is 0. The number of nitrogens with zero attached hydrogens (tertiary/aromatic N) is 2. The molecule has 2 heterocycles. The zero-order chi connectivity index (χ0) is 11.8. The Balaban J connectivity index is 2.14. The third-order valence-electron chi connectivity index (χ3n) is 3.52. The number of pyridine rings is 1. The van der Waals surface area contributed by atoms with Gasteiger partial charge >= 0.3 is 0 Å². The normalized spacial score (nSPS) is 24.9. The molecule has 0 unspecified atom stereocenters.